The predicted molar refractivity (Wildman–Crippen MR) is 50.5 cm³/mol. The van der Waals surface area contributed by atoms with Crippen LogP contribution in [-0.4, -0.2) is 5.51 Å². The molecule has 0 unspecified atom stereocenters. The lowest BCUT2D eigenvalue weighted by molar-refractivity contribution is -0.0327. The van der Waals surface area contributed by atoms with E-state index in [9.17, 15) is 13.2 Å². The number of nitrogens with two attached hydrogens (primary N) is 1. The molecule has 0 radical (unpaired) electrons. The molecule has 0 fully saturated rings. The molecule has 1 aromatic rings. The van der Waals surface area contributed by atoms with Gasteiger partial charge in [-0.2, -0.15) is 13.2 Å². The van der Waals surface area contributed by atoms with Crippen LogP contribution < -0.4 is 5.73 Å². The number of anilines is 1. The Morgan fingerprint density at radius 3 is 2.46 bits per heavy atom. The van der Waals surface area contributed by atoms with Gasteiger partial charge in [0, 0.05) is 9.37 Å². The Labute approximate surface area is 85.6 Å². The number of hydrogen-bond donors (Lipinski definition) is 1. The fraction of sp³-hybridized carbons (Fsp3) is 0.143. The third-order valence-corrected chi connectivity index (χ3v) is 2.74. The van der Waals surface area contributed by atoms with Crippen molar-refractivity contribution in [3.05, 3.63) is 22.7 Å². The third kappa shape index (κ3) is 3.11. The van der Waals surface area contributed by atoms with Gasteiger partial charge in [0.15, 0.2) is 0 Å². The highest BCUT2D eigenvalue weighted by Gasteiger charge is 2.30. The first kappa shape index (κ1) is 10.7. The lowest BCUT2D eigenvalue weighted by Crippen LogP contribution is -2.01. The van der Waals surface area contributed by atoms with Gasteiger partial charge in [-0.15, -0.1) is 0 Å². The van der Waals surface area contributed by atoms with Crippen LogP contribution in [0.1, 0.15) is 0 Å². The maximum atomic E-state index is 11.9. The molecule has 0 saturated carbocycles. The first-order chi connectivity index (χ1) is 5.90. The van der Waals surface area contributed by atoms with Gasteiger partial charge in [-0.3, -0.25) is 0 Å². The largest absolute Gasteiger partial charge is 0.446 e. The van der Waals surface area contributed by atoms with Crippen molar-refractivity contribution in [2.75, 3.05) is 5.73 Å². The zero-order valence-corrected chi connectivity index (χ0v) is 8.63. The Morgan fingerprint density at radius 2 is 1.92 bits per heavy atom. The van der Waals surface area contributed by atoms with E-state index in [1.807, 2.05) is 0 Å². The average molecular weight is 272 g/mol. The van der Waals surface area contributed by atoms with Crippen molar-refractivity contribution in [1.82, 2.24) is 0 Å². The van der Waals surface area contributed by atoms with Crippen molar-refractivity contribution in [1.29, 1.82) is 0 Å². The molecule has 72 valence electrons. The zero-order chi connectivity index (χ0) is 10.1. The Hall–Kier alpha value is -0.360. The minimum atomic E-state index is -4.30. The summed E-state index contributed by atoms with van der Waals surface area (Å²) in [7, 11) is 0. The quantitative estimate of drug-likeness (QED) is 0.624. The molecule has 0 aliphatic carbocycles. The fourth-order valence-electron chi connectivity index (χ4n) is 0.731. The number of nitrogen functional groups attached to an aromatic ring is 1. The molecule has 0 saturated heterocycles. The van der Waals surface area contributed by atoms with E-state index >= 15 is 0 Å². The van der Waals surface area contributed by atoms with Gasteiger partial charge in [-0.25, -0.2) is 0 Å². The first-order valence-corrected chi connectivity index (χ1v) is 4.81. The monoisotopic (exact) mass is 271 g/mol. The van der Waals surface area contributed by atoms with Gasteiger partial charge in [-0.05, 0) is 39.8 Å². The minimum Gasteiger partial charge on any atom is -0.397 e. The van der Waals surface area contributed by atoms with Crippen molar-refractivity contribution < 1.29 is 13.2 Å². The Morgan fingerprint density at radius 1 is 1.31 bits per heavy atom. The summed E-state index contributed by atoms with van der Waals surface area (Å²) in [5.41, 5.74) is 1.24. The highest BCUT2D eigenvalue weighted by atomic mass is 79.9. The molecule has 0 aliphatic heterocycles. The van der Waals surface area contributed by atoms with Gasteiger partial charge < -0.3 is 5.73 Å². The molecule has 2 N–H and O–H groups in total. The second kappa shape index (κ2) is 3.79. The Bertz CT molecular complexity index is 313. The van der Waals surface area contributed by atoms with Crippen LogP contribution in [-0.2, 0) is 0 Å². The molecule has 1 rings (SSSR count). The molecule has 0 amide bonds. The van der Waals surface area contributed by atoms with Crippen LogP contribution in [0.2, 0.25) is 0 Å². The van der Waals surface area contributed by atoms with Crippen LogP contribution in [0.3, 0.4) is 0 Å². The van der Waals surface area contributed by atoms with Gasteiger partial charge in [-0.1, -0.05) is 6.07 Å². The number of alkyl halides is 3. The van der Waals surface area contributed by atoms with E-state index in [4.69, 9.17) is 5.73 Å². The molecule has 6 heteroatoms. The molecular weight excluding hydrogens is 267 g/mol. The highest BCUT2D eigenvalue weighted by molar-refractivity contribution is 9.10. The van der Waals surface area contributed by atoms with Crippen LogP contribution >= 0.6 is 27.7 Å². The molecule has 0 heterocycles. The number of hydrogen-bond acceptors (Lipinski definition) is 2. The third-order valence-electron chi connectivity index (χ3n) is 1.24. The van der Waals surface area contributed by atoms with Crippen molar-refractivity contribution in [2.45, 2.75) is 10.4 Å². The van der Waals surface area contributed by atoms with Gasteiger partial charge in [0.25, 0.3) is 0 Å². The number of rotatable bonds is 1. The molecular formula is C7H5BrF3NS. The number of halogens is 4. The molecule has 0 aliphatic rings. The normalized spacial score (nSPS) is 11.7. The van der Waals surface area contributed by atoms with E-state index in [2.05, 4.69) is 15.9 Å². The molecule has 1 aromatic carbocycles. The van der Waals surface area contributed by atoms with E-state index in [1.165, 1.54) is 12.1 Å². The molecule has 0 spiro atoms. The smallest absolute Gasteiger partial charge is 0.397 e. The van der Waals surface area contributed by atoms with E-state index < -0.39 is 5.51 Å². The van der Waals surface area contributed by atoms with Crippen molar-refractivity contribution in [2.24, 2.45) is 0 Å². The summed E-state index contributed by atoms with van der Waals surface area (Å²) in [6.45, 7) is 0. The molecule has 0 aromatic heterocycles. The average Bonchev–Trinajstić information content (AvgIpc) is 1.96. The zero-order valence-electron chi connectivity index (χ0n) is 6.23. The van der Waals surface area contributed by atoms with Gasteiger partial charge in [0.2, 0.25) is 0 Å². The van der Waals surface area contributed by atoms with E-state index in [0.717, 1.165) is 0 Å². The maximum Gasteiger partial charge on any atom is 0.446 e. The van der Waals surface area contributed by atoms with E-state index in [1.54, 1.807) is 6.07 Å². The number of para-hydroxylation sites is 1. The minimum absolute atomic E-state index is 0.0156. The van der Waals surface area contributed by atoms with Crippen molar-refractivity contribution >= 4 is 33.4 Å². The standard InChI is InChI=1S/C7H5BrF3NS/c8-4-2-1-3-5(6(4)12)13-7(9,10)11/h1-3H,12H2. The summed E-state index contributed by atoms with van der Waals surface area (Å²) in [6, 6.07) is 4.43. The predicted octanol–water partition coefficient (Wildman–Crippen LogP) is 3.64. The summed E-state index contributed by atoms with van der Waals surface area (Å²) in [6.07, 6.45) is 0. The van der Waals surface area contributed by atoms with E-state index in [-0.39, 0.29) is 22.3 Å². The SMILES string of the molecule is Nc1c(Br)cccc1SC(F)(F)F. The lowest BCUT2D eigenvalue weighted by Gasteiger charge is -2.08. The van der Waals surface area contributed by atoms with Gasteiger partial charge >= 0.3 is 5.51 Å². The number of benzene rings is 1. The number of thioether (sulfide) groups is 1. The Balaban J connectivity index is 2.96. The summed E-state index contributed by atoms with van der Waals surface area (Å²) in [5, 5.41) is 0. The van der Waals surface area contributed by atoms with Crippen LogP contribution in [0.15, 0.2) is 27.6 Å². The van der Waals surface area contributed by atoms with Gasteiger partial charge in [0.1, 0.15) is 0 Å². The van der Waals surface area contributed by atoms with Gasteiger partial charge in [0.05, 0.1) is 5.69 Å². The molecule has 0 atom stereocenters. The molecule has 1 nitrogen and oxygen atoms in total. The van der Waals surface area contributed by atoms with Crippen LogP contribution in [0, 0.1) is 0 Å². The topological polar surface area (TPSA) is 26.0 Å². The maximum absolute atomic E-state index is 11.9. The highest BCUT2D eigenvalue weighted by Crippen LogP contribution is 2.41. The second-order valence-electron chi connectivity index (χ2n) is 2.20. The molecule has 13 heavy (non-hydrogen) atoms. The van der Waals surface area contributed by atoms with Crippen molar-refractivity contribution in [3.8, 4) is 0 Å². The molecule has 0 bridgehead atoms. The second-order valence-corrected chi connectivity index (χ2v) is 4.16. The van der Waals surface area contributed by atoms with Crippen molar-refractivity contribution in [3.63, 3.8) is 0 Å². The van der Waals surface area contributed by atoms with E-state index in [0.29, 0.717) is 4.47 Å². The summed E-state index contributed by atoms with van der Waals surface area (Å²) in [4.78, 5) is 0.0156. The van der Waals surface area contributed by atoms with Crippen LogP contribution in [0.4, 0.5) is 18.9 Å². The fourth-order valence-corrected chi connectivity index (χ4v) is 1.84. The Kier molecular flexibility index (Phi) is 3.13. The summed E-state index contributed by atoms with van der Waals surface area (Å²) in [5.74, 6) is 0. The van der Waals surface area contributed by atoms with Crippen LogP contribution in [0.5, 0.6) is 0 Å². The first-order valence-electron chi connectivity index (χ1n) is 3.20. The van der Waals surface area contributed by atoms with Crippen LogP contribution in [0.25, 0.3) is 0 Å². The summed E-state index contributed by atoms with van der Waals surface area (Å²) < 4.78 is 36.3. The summed E-state index contributed by atoms with van der Waals surface area (Å²) >= 11 is 2.83. The lowest BCUT2D eigenvalue weighted by atomic mass is 10.3.